The van der Waals surface area contributed by atoms with Gasteiger partial charge < -0.3 is 20.9 Å². The Bertz CT molecular complexity index is 303. The molecule has 110 valence electrons. The molecule has 2 unspecified atom stereocenters. The van der Waals surface area contributed by atoms with E-state index in [1.165, 1.54) is 6.42 Å². The summed E-state index contributed by atoms with van der Waals surface area (Å²) in [5.74, 6) is -0.0469. The van der Waals surface area contributed by atoms with E-state index >= 15 is 0 Å². The third kappa shape index (κ3) is 3.68. The van der Waals surface area contributed by atoms with E-state index in [1.807, 2.05) is 0 Å². The van der Waals surface area contributed by atoms with Gasteiger partial charge in [0.15, 0.2) is 0 Å². The number of nitrogens with two attached hydrogens (primary N) is 1. The zero-order valence-electron chi connectivity index (χ0n) is 11.6. The molecule has 1 saturated carbocycles. The van der Waals surface area contributed by atoms with Gasteiger partial charge in [-0.2, -0.15) is 0 Å². The summed E-state index contributed by atoms with van der Waals surface area (Å²) in [6.45, 7) is 1.20. The van der Waals surface area contributed by atoms with Crippen LogP contribution in [0.5, 0.6) is 0 Å². The first-order chi connectivity index (χ1) is 9.19. The zero-order chi connectivity index (χ0) is 13.7. The Morgan fingerprint density at radius 3 is 2.63 bits per heavy atom. The molecule has 19 heavy (non-hydrogen) atoms. The van der Waals surface area contributed by atoms with Crippen LogP contribution in [0, 0.1) is 5.41 Å². The standard InChI is InChI=1S/C14H26N2O3/c15-8-11-4-5-12(19-11)13(18)16-9-14(10-17)6-2-1-3-7-14/h11-12,17H,1-10,15H2,(H,16,18). The molecule has 2 rings (SSSR count). The summed E-state index contributed by atoms with van der Waals surface area (Å²) in [5, 5.41) is 12.6. The summed E-state index contributed by atoms with van der Waals surface area (Å²) < 4.78 is 5.58. The van der Waals surface area contributed by atoms with E-state index in [1.54, 1.807) is 0 Å². The van der Waals surface area contributed by atoms with Gasteiger partial charge in [-0.1, -0.05) is 19.3 Å². The van der Waals surface area contributed by atoms with Crippen molar-refractivity contribution >= 4 is 5.91 Å². The lowest BCUT2D eigenvalue weighted by Crippen LogP contribution is -2.44. The van der Waals surface area contributed by atoms with Gasteiger partial charge in [-0.25, -0.2) is 0 Å². The zero-order valence-corrected chi connectivity index (χ0v) is 11.6. The molecule has 0 radical (unpaired) electrons. The van der Waals surface area contributed by atoms with Gasteiger partial charge in [0, 0.05) is 18.5 Å². The van der Waals surface area contributed by atoms with Gasteiger partial charge in [0.2, 0.25) is 5.91 Å². The van der Waals surface area contributed by atoms with Crippen LogP contribution in [-0.2, 0) is 9.53 Å². The van der Waals surface area contributed by atoms with Gasteiger partial charge >= 0.3 is 0 Å². The summed E-state index contributed by atoms with van der Waals surface area (Å²) in [4.78, 5) is 12.0. The Hall–Kier alpha value is -0.650. The van der Waals surface area contributed by atoms with Crippen molar-refractivity contribution in [1.82, 2.24) is 5.32 Å². The second kappa shape index (κ2) is 6.68. The summed E-state index contributed by atoms with van der Waals surface area (Å²) >= 11 is 0. The Labute approximate surface area is 114 Å². The number of rotatable bonds is 5. The summed E-state index contributed by atoms with van der Waals surface area (Å²) in [6, 6.07) is 0. The van der Waals surface area contributed by atoms with Crippen molar-refractivity contribution in [2.45, 2.75) is 57.2 Å². The first-order valence-corrected chi connectivity index (χ1v) is 7.43. The van der Waals surface area contributed by atoms with Crippen LogP contribution in [0.1, 0.15) is 44.9 Å². The molecule has 0 aromatic heterocycles. The van der Waals surface area contributed by atoms with Crippen LogP contribution in [0.3, 0.4) is 0 Å². The van der Waals surface area contributed by atoms with E-state index in [0.29, 0.717) is 13.1 Å². The van der Waals surface area contributed by atoms with E-state index in [2.05, 4.69) is 5.32 Å². The van der Waals surface area contributed by atoms with Crippen LogP contribution < -0.4 is 11.1 Å². The van der Waals surface area contributed by atoms with Crippen LogP contribution in [0.15, 0.2) is 0 Å². The first-order valence-electron chi connectivity index (χ1n) is 7.43. The van der Waals surface area contributed by atoms with Crippen molar-refractivity contribution in [1.29, 1.82) is 0 Å². The second-order valence-electron chi connectivity index (χ2n) is 6.00. The van der Waals surface area contributed by atoms with Gasteiger partial charge in [0.1, 0.15) is 6.10 Å². The van der Waals surface area contributed by atoms with Gasteiger partial charge in [-0.05, 0) is 25.7 Å². The fourth-order valence-corrected chi connectivity index (χ4v) is 3.15. The highest BCUT2D eigenvalue weighted by Gasteiger charge is 2.34. The van der Waals surface area contributed by atoms with Crippen LogP contribution >= 0.6 is 0 Å². The SMILES string of the molecule is NCC1CCC(C(=O)NCC2(CO)CCCCC2)O1. The molecule has 1 aliphatic heterocycles. The maximum Gasteiger partial charge on any atom is 0.249 e. The minimum absolute atomic E-state index is 0.0252. The number of carbonyl (C=O) groups is 1. The molecule has 0 spiro atoms. The Kier molecular flexibility index (Phi) is 5.19. The van der Waals surface area contributed by atoms with Crippen molar-refractivity contribution in [2.75, 3.05) is 19.7 Å². The molecule has 1 aliphatic carbocycles. The first kappa shape index (κ1) is 14.8. The van der Waals surface area contributed by atoms with E-state index in [4.69, 9.17) is 10.5 Å². The average Bonchev–Trinajstić information content (AvgIpc) is 2.95. The van der Waals surface area contributed by atoms with E-state index in [-0.39, 0.29) is 30.1 Å². The fourth-order valence-electron chi connectivity index (χ4n) is 3.15. The molecule has 0 aromatic carbocycles. The summed E-state index contributed by atoms with van der Waals surface area (Å²) in [6.07, 6.45) is 6.81. The topological polar surface area (TPSA) is 84.6 Å². The largest absolute Gasteiger partial charge is 0.396 e. The molecule has 4 N–H and O–H groups in total. The summed E-state index contributed by atoms with van der Waals surface area (Å²) in [5.41, 5.74) is 5.43. The van der Waals surface area contributed by atoms with E-state index < -0.39 is 0 Å². The van der Waals surface area contributed by atoms with Crippen LogP contribution in [0.25, 0.3) is 0 Å². The minimum atomic E-state index is -0.354. The Morgan fingerprint density at radius 1 is 1.32 bits per heavy atom. The number of amides is 1. The highest BCUT2D eigenvalue weighted by molar-refractivity contribution is 5.81. The molecule has 2 aliphatic rings. The van der Waals surface area contributed by atoms with Gasteiger partial charge in [-0.15, -0.1) is 0 Å². The highest BCUT2D eigenvalue weighted by atomic mass is 16.5. The lowest BCUT2D eigenvalue weighted by atomic mass is 9.74. The van der Waals surface area contributed by atoms with Crippen molar-refractivity contribution < 1.29 is 14.6 Å². The normalized spacial score (nSPS) is 30.2. The fraction of sp³-hybridized carbons (Fsp3) is 0.929. The van der Waals surface area contributed by atoms with Crippen molar-refractivity contribution in [2.24, 2.45) is 11.1 Å². The number of aliphatic hydroxyl groups is 1. The lowest BCUT2D eigenvalue weighted by Gasteiger charge is -2.35. The molecule has 2 atom stereocenters. The van der Waals surface area contributed by atoms with Gasteiger partial charge in [0.05, 0.1) is 12.7 Å². The molecular weight excluding hydrogens is 244 g/mol. The third-order valence-corrected chi connectivity index (χ3v) is 4.55. The van der Waals surface area contributed by atoms with E-state index in [0.717, 1.165) is 38.5 Å². The number of ether oxygens (including phenoxy) is 1. The molecule has 1 saturated heterocycles. The Morgan fingerprint density at radius 2 is 2.05 bits per heavy atom. The average molecular weight is 270 g/mol. The number of carbonyl (C=O) groups excluding carboxylic acids is 1. The molecule has 5 nitrogen and oxygen atoms in total. The van der Waals surface area contributed by atoms with Gasteiger partial charge in [-0.3, -0.25) is 4.79 Å². The maximum absolute atomic E-state index is 12.0. The Balaban J connectivity index is 1.79. The van der Waals surface area contributed by atoms with Crippen molar-refractivity contribution in [3.63, 3.8) is 0 Å². The quantitative estimate of drug-likeness (QED) is 0.681. The number of aliphatic hydroxyl groups excluding tert-OH is 1. The van der Waals surface area contributed by atoms with E-state index in [9.17, 15) is 9.90 Å². The van der Waals surface area contributed by atoms with Crippen molar-refractivity contribution in [3.05, 3.63) is 0 Å². The predicted octanol–water partition coefficient (Wildman–Crippen LogP) is 0.552. The van der Waals surface area contributed by atoms with Crippen LogP contribution in [-0.4, -0.2) is 42.9 Å². The number of nitrogens with one attached hydrogen (secondary N) is 1. The molecule has 5 heteroatoms. The van der Waals surface area contributed by atoms with Crippen LogP contribution in [0.4, 0.5) is 0 Å². The molecule has 2 fully saturated rings. The summed E-state index contributed by atoms with van der Waals surface area (Å²) in [7, 11) is 0. The maximum atomic E-state index is 12.0. The smallest absolute Gasteiger partial charge is 0.249 e. The molecule has 0 aromatic rings. The monoisotopic (exact) mass is 270 g/mol. The number of hydrogen-bond donors (Lipinski definition) is 3. The molecule has 0 bridgehead atoms. The molecular formula is C14H26N2O3. The van der Waals surface area contributed by atoms with Crippen molar-refractivity contribution in [3.8, 4) is 0 Å². The minimum Gasteiger partial charge on any atom is -0.396 e. The highest BCUT2D eigenvalue weighted by Crippen LogP contribution is 2.35. The van der Waals surface area contributed by atoms with Crippen LogP contribution in [0.2, 0.25) is 0 Å². The third-order valence-electron chi connectivity index (χ3n) is 4.55. The second-order valence-corrected chi connectivity index (χ2v) is 6.00. The lowest BCUT2D eigenvalue weighted by molar-refractivity contribution is -0.132. The molecule has 1 heterocycles. The molecule has 1 amide bonds. The predicted molar refractivity (Wildman–Crippen MR) is 72.6 cm³/mol. The van der Waals surface area contributed by atoms with Gasteiger partial charge in [0.25, 0.3) is 0 Å². The number of hydrogen-bond acceptors (Lipinski definition) is 4.